The molecular formula is C20H22ClN3O6S. The molecule has 166 valence electrons. The highest BCUT2D eigenvalue weighted by atomic mass is 35.5. The number of nitro benzene ring substituents is 1. The molecule has 2 aliphatic heterocycles. The van der Waals surface area contributed by atoms with Gasteiger partial charge in [0.1, 0.15) is 5.75 Å². The topological polar surface area (TPSA) is 102 Å². The van der Waals surface area contributed by atoms with Crippen molar-refractivity contribution < 1.29 is 22.8 Å². The molecule has 2 heterocycles. The summed E-state index contributed by atoms with van der Waals surface area (Å²) in [6.45, 7) is 4.46. The summed E-state index contributed by atoms with van der Waals surface area (Å²) in [7, 11) is -3.83. The van der Waals surface area contributed by atoms with Gasteiger partial charge >= 0.3 is 0 Å². The molecule has 9 nitrogen and oxygen atoms in total. The second-order valence-corrected chi connectivity index (χ2v) is 9.89. The smallest absolute Gasteiger partial charge is 0.270 e. The maximum atomic E-state index is 13.1. The largest absolute Gasteiger partial charge is 0.467 e. The van der Waals surface area contributed by atoms with Crippen LogP contribution in [-0.2, 0) is 27.9 Å². The van der Waals surface area contributed by atoms with Gasteiger partial charge in [-0.05, 0) is 24.6 Å². The number of benzene rings is 2. The highest BCUT2D eigenvalue weighted by Gasteiger charge is 2.31. The molecule has 0 bridgehead atoms. The van der Waals surface area contributed by atoms with Crippen molar-refractivity contribution in [2.24, 2.45) is 0 Å². The summed E-state index contributed by atoms with van der Waals surface area (Å²) in [6.07, 6.45) is 0. The second-order valence-electron chi connectivity index (χ2n) is 7.55. The van der Waals surface area contributed by atoms with Crippen molar-refractivity contribution in [2.45, 2.75) is 25.0 Å². The van der Waals surface area contributed by atoms with Crippen molar-refractivity contribution in [2.75, 3.05) is 33.0 Å². The Morgan fingerprint density at radius 3 is 2.61 bits per heavy atom. The molecule has 0 aromatic heterocycles. The van der Waals surface area contributed by atoms with Crippen molar-refractivity contribution in [3.63, 3.8) is 0 Å². The number of non-ortho nitro benzene ring substituents is 1. The van der Waals surface area contributed by atoms with Crippen LogP contribution in [0.2, 0.25) is 5.02 Å². The zero-order chi connectivity index (χ0) is 22.2. The van der Waals surface area contributed by atoms with Crippen LogP contribution in [0.25, 0.3) is 0 Å². The number of sulfonamides is 1. The quantitative estimate of drug-likeness (QED) is 0.492. The van der Waals surface area contributed by atoms with Crippen LogP contribution in [0.5, 0.6) is 5.75 Å². The highest BCUT2D eigenvalue weighted by Crippen LogP contribution is 2.33. The number of nitrogens with zero attached hydrogens (tertiary/aromatic N) is 3. The van der Waals surface area contributed by atoms with Crippen LogP contribution < -0.4 is 4.74 Å². The lowest BCUT2D eigenvalue weighted by atomic mass is 10.1. The third-order valence-electron chi connectivity index (χ3n) is 5.48. The Hall–Kier alpha value is -2.24. The fraction of sp³-hybridized carbons (Fsp3) is 0.400. The number of piperazine rings is 1. The number of hydrogen-bond donors (Lipinski definition) is 0. The summed E-state index contributed by atoms with van der Waals surface area (Å²) in [5.74, 6) is 0.776. The Morgan fingerprint density at radius 2 is 1.90 bits per heavy atom. The average Bonchev–Trinajstić information content (AvgIpc) is 2.74. The number of ether oxygens (including phenoxy) is 2. The molecule has 2 aromatic carbocycles. The first kappa shape index (κ1) is 22.0. The predicted octanol–water partition coefficient (Wildman–Crippen LogP) is 2.93. The standard InChI is InChI=1S/C20H22ClN3O6S/c1-14-2-3-18(24(25)26)10-19(14)31(27,28)23-6-4-22(5-7-23)11-15-8-17(21)9-16-12-29-13-30-20(15)16/h2-3,8-10H,4-7,11-13H2,1H3. The van der Waals surface area contributed by atoms with E-state index in [1.807, 2.05) is 12.1 Å². The van der Waals surface area contributed by atoms with Gasteiger partial charge in [0.05, 0.1) is 16.4 Å². The Kier molecular flexibility index (Phi) is 6.18. The minimum atomic E-state index is -3.83. The van der Waals surface area contributed by atoms with E-state index in [1.54, 1.807) is 6.92 Å². The molecule has 11 heteroatoms. The van der Waals surface area contributed by atoms with Crippen LogP contribution in [0.1, 0.15) is 16.7 Å². The first-order chi connectivity index (χ1) is 14.8. The number of halogens is 1. The Balaban J connectivity index is 1.48. The molecule has 0 aliphatic carbocycles. The SMILES string of the molecule is Cc1ccc([N+](=O)[O-])cc1S(=O)(=O)N1CCN(Cc2cc(Cl)cc3c2OCOC3)CC1. The molecule has 1 fully saturated rings. The van der Waals surface area contributed by atoms with Crippen LogP contribution in [0, 0.1) is 17.0 Å². The maximum Gasteiger partial charge on any atom is 0.270 e. The predicted molar refractivity (Wildman–Crippen MR) is 114 cm³/mol. The van der Waals surface area contributed by atoms with Crippen molar-refractivity contribution in [3.05, 3.63) is 62.2 Å². The van der Waals surface area contributed by atoms with E-state index >= 15 is 0 Å². The van der Waals surface area contributed by atoms with Gasteiger partial charge in [-0.1, -0.05) is 17.7 Å². The fourth-order valence-electron chi connectivity index (χ4n) is 3.86. The summed E-state index contributed by atoms with van der Waals surface area (Å²) in [5.41, 5.74) is 2.09. The molecule has 4 rings (SSSR count). The molecule has 2 aromatic rings. The summed E-state index contributed by atoms with van der Waals surface area (Å²) < 4.78 is 38.6. The van der Waals surface area contributed by atoms with E-state index in [0.29, 0.717) is 36.8 Å². The fourth-order valence-corrected chi connectivity index (χ4v) is 5.79. The van der Waals surface area contributed by atoms with E-state index in [0.717, 1.165) is 22.9 Å². The van der Waals surface area contributed by atoms with Crippen molar-refractivity contribution in [1.29, 1.82) is 0 Å². The van der Waals surface area contributed by atoms with Crippen LogP contribution >= 0.6 is 11.6 Å². The Labute approximate surface area is 185 Å². The molecule has 2 aliphatic rings. The third kappa shape index (κ3) is 4.53. The van der Waals surface area contributed by atoms with E-state index in [2.05, 4.69) is 4.90 Å². The number of rotatable bonds is 5. The van der Waals surface area contributed by atoms with Crippen LogP contribution in [0.15, 0.2) is 35.2 Å². The molecule has 1 saturated heterocycles. The number of fused-ring (bicyclic) bond motifs is 1. The van der Waals surface area contributed by atoms with E-state index < -0.39 is 14.9 Å². The molecule has 0 amide bonds. The van der Waals surface area contributed by atoms with Gasteiger partial charge in [0.25, 0.3) is 5.69 Å². The van der Waals surface area contributed by atoms with Gasteiger partial charge < -0.3 is 9.47 Å². The Morgan fingerprint density at radius 1 is 1.16 bits per heavy atom. The maximum absolute atomic E-state index is 13.1. The van der Waals surface area contributed by atoms with Gasteiger partial charge in [0, 0.05) is 61.0 Å². The lowest BCUT2D eigenvalue weighted by Crippen LogP contribution is -2.48. The number of hydrogen-bond acceptors (Lipinski definition) is 7. The monoisotopic (exact) mass is 467 g/mol. The van der Waals surface area contributed by atoms with Crippen LogP contribution in [-0.4, -0.2) is 55.5 Å². The average molecular weight is 468 g/mol. The molecule has 0 atom stereocenters. The first-order valence-electron chi connectivity index (χ1n) is 9.75. The zero-order valence-corrected chi connectivity index (χ0v) is 18.5. The Bertz CT molecular complexity index is 1120. The van der Waals surface area contributed by atoms with Gasteiger partial charge in [-0.15, -0.1) is 0 Å². The molecule has 0 unspecified atom stereocenters. The lowest BCUT2D eigenvalue weighted by molar-refractivity contribution is -0.385. The van der Waals surface area contributed by atoms with Crippen LogP contribution in [0.3, 0.4) is 0 Å². The minimum Gasteiger partial charge on any atom is -0.467 e. The number of aryl methyl sites for hydroxylation is 1. The van der Waals surface area contributed by atoms with Gasteiger partial charge in [-0.3, -0.25) is 15.0 Å². The van der Waals surface area contributed by atoms with Gasteiger partial charge in [0.2, 0.25) is 10.0 Å². The zero-order valence-electron chi connectivity index (χ0n) is 16.9. The molecule has 0 radical (unpaired) electrons. The van der Waals surface area contributed by atoms with E-state index in [1.165, 1.54) is 16.4 Å². The summed E-state index contributed by atoms with van der Waals surface area (Å²) in [4.78, 5) is 12.6. The van der Waals surface area contributed by atoms with Crippen molar-refractivity contribution in [3.8, 4) is 5.75 Å². The molecule has 0 N–H and O–H groups in total. The van der Waals surface area contributed by atoms with Gasteiger partial charge in [-0.25, -0.2) is 8.42 Å². The van der Waals surface area contributed by atoms with E-state index in [4.69, 9.17) is 21.1 Å². The van der Waals surface area contributed by atoms with E-state index in [9.17, 15) is 18.5 Å². The van der Waals surface area contributed by atoms with E-state index in [-0.39, 0.29) is 30.5 Å². The lowest BCUT2D eigenvalue weighted by Gasteiger charge is -2.34. The van der Waals surface area contributed by atoms with Crippen molar-refractivity contribution in [1.82, 2.24) is 9.21 Å². The minimum absolute atomic E-state index is 0.0209. The van der Waals surface area contributed by atoms with Crippen molar-refractivity contribution >= 4 is 27.3 Å². The summed E-state index contributed by atoms with van der Waals surface area (Å²) >= 11 is 6.24. The summed E-state index contributed by atoms with van der Waals surface area (Å²) in [6, 6.07) is 7.60. The van der Waals surface area contributed by atoms with Gasteiger partial charge in [-0.2, -0.15) is 4.31 Å². The van der Waals surface area contributed by atoms with Crippen LogP contribution in [0.4, 0.5) is 5.69 Å². The normalized spacial score (nSPS) is 17.7. The second kappa shape index (κ2) is 8.71. The molecular weight excluding hydrogens is 446 g/mol. The molecule has 31 heavy (non-hydrogen) atoms. The highest BCUT2D eigenvalue weighted by molar-refractivity contribution is 7.89. The number of nitro groups is 1. The summed E-state index contributed by atoms with van der Waals surface area (Å²) in [5, 5.41) is 11.7. The molecule has 0 saturated carbocycles. The molecule has 0 spiro atoms. The first-order valence-corrected chi connectivity index (χ1v) is 11.6. The third-order valence-corrected chi connectivity index (χ3v) is 7.74. The van der Waals surface area contributed by atoms with Gasteiger partial charge in [0.15, 0.2) is 6.79 Å².